The summed E-state index contributed by atoms with van der Waals surface area (Å²) in [5.41, 5.74) is 2.67. The molecular formula is C20H17ClN3OS+. The van der Waals surface area contributed by atoms with Crippen LogP contribution >= 0.6 is 22.9 Å². The molecule has 6 heteroatoms. The molecule has 0 fully saturated rings. The van der Waals surface area contributed by atoms with Crippen molar-refractivity contribution in [2.24, 2.45) is 0 Å². The van der Waals surface area contributed by atoms with Gasteiger partial charge in [0.1, 0.15) is 17.1 Å². The van der Waals surface area contributed by atoms with E-state index in [9.17, 15) is 4.79 Å². The summed E-state index contributed by atoms with van der Waals surface area (Å²) in [6.45, 7) is 0.241. The van der Waals surface area contributed by atoms with Gasteiger partial charge in [-0.1, -0.05) is 54.1 Å². The molecule has 0 saturated heterocycles. The van der Waals surface area contributed by atoms with Crippen LogP contribution in [0.5, 0.6) is 0 Å². The van der Waals surface area contributed by atoms with Crippen molar-refractivity contribution in [1.29, 1.82) is 5.26 Å². The fourth-order valence-electron chi connectivity index (χ4n) is 2.69. The van der Waals surface area contributed by atoms with Crippen molar-refractivity contribution in [3.8, 4) is 6.07 Å². The number of amides is 1. The largest absolute Gasteiger partial charge is 0.328 e. The van der Waals surface area contributed by atoms with Crippen LogP contribution in [0.4, 0.5) is 5.00 Å². The van der Waals surface area contributed by atoms with E-state index in [0.717, 1.165) is 11.1 Å². The third-order valence-corrected chi connectivity index (χ3v) is 5.05. The normalized spacial score (nSPS) is 11.5. The fourth-order valence-corrected chi connectivity index (χ4v) is 3.57. The number of carbonyl (C=O) groups is 1. The standard InChI is InChI=1S/C20H16ClN3OS/c21-17-8-6-15(7-9-17)19(14-4-2-1-3-5-14)23-13-18(25)24-20-16(12-22)10-11-26-20/h1-11,19,23H,13H2,(H,24,25)/p+1/t19-/m0/s1. The first kappa shape index (κ1) is 18.2. The topological polar surface area (TPSA) is 69.5 Å². The molecule has 3 aromatic rings. The third kappa shape index (κ3) is 4.50. The fraction of sp³-hybridized carbons (Fsp3) is 0.100. The van der Waals surface area contributed by atoms with Crippen molar-refractivity contribution in [3.05, 3.63) is 87.8 Å². The van der Waals surface area contributed by atoms with Gasteiger partial charge >= 0.3 is 0 Å². The summed E-state index contributed by atoms with van der Waals surface area (Å²) in [6, 6.07) is 21.4. The number of quaternary nitrogens is 1. The maximum Gasteiger partial charge on any atom is 0.280 e. The van der Waals surface area contributed by atoms with E-state index in [-0.39, 0.29) is 18.5 Å². The number of thiophene rings is 1. The second-order valence-electron chi connectivity index (χ2n) is 5.70. The molecular weight excluding hydrogens is 366 g/mol. The van der Waals surface area contributed by atoms with E-state index in [0.29, 0.717) is 15.6 Å². The second kappa shape index (κ2) is 8.63. The minimum absolute atomic E-state index is 0.0158. The van der Waals surface area contributed by atoms with Gasteiger partial charge in [0.15, 0.2) is 6.54 Å². The van der Waals surface area contributed by atoms with Gasteiger partial charge in [-0.05, 0) is 23.6 Å². The quantitative estimate of drug-likeness (QED) is 0.684. The highest BCUT2D eigenvalue weighted by atomic mass is 35.5. The van der Waals surface area contributed by atoms with Gasteiger partial charge in [0.25, 0.3) is 5.91 Å². The molecule has 0 aliphatic carbocycles. The lowest BCUT2D eigenvalue weighted by atomic mass is 9.99. The summed E-state index contributed by atoms with van der Waals surface area (Å²) in [7, 11) is 0. The highest BCUT2D eigenvalue weighted by molar-refractivity contribution is 7.14. The minimum Gasteiger partial charge on any atom is -0.328 e. The number of anilines is 1. The summed E-state index contributed by atoms with van der Waals surface area (Å²) >= 11 is 7.35. The molecule has 130 valence electrons. The Morgan fingerprint density at radius 1 is 1.12 bits per heavy atom. The number of nitriles is 1. The van der Waals surface area contributed by atoms with Crippen molar-refractivity contribution in [1.82, 2.24) is 0 Å². The number of benzene rings is 2. The molecule has 0 spiro atoms. The predicted octanol–water partition coefficient (Wildman–Crippen LogP) is 3.56. The molecule has 0 aliphatic rings. The average molecular weight is 383 g/mol. The first-order chi connectivity index (χ1) is 12.7. The number of nitrogens with two attached hydrogens (primary N) is 1. The highest BCUT2D eigenvalue weighted by Crippen LogP contribution is 2.22. The maximum absolute atomic E-state index is 12.3. The zero-order chi connectivity index (χ0) is 18.4. The van der Waals surface area contributed by atoms with Gasteiger partial charge in [-0.2, -0.15) is 5.26 Å². The van der Waals surface area contributed by atoms with E-state index in [1.807, 2.05) is 59.9 Å². The molecule has 0 radical (unpaired) electrons. The number of nitrogens with one attached hydrogen (secondary N) is 1. The Hall–Kier alpha value is -2.65. The molecule has 0 aliphatic heterocycles. The lowest BCUT2D eigenvalue weighted by Crippen LogP contribution is -2.87. The number of rotatable bonds is 6. The van der Waals surface area contributed by atoms with Crippen molar-refractivity contribution in [2.75, 3.05) is 11.9 Å². The molecule has 2 aromatic carbocycles. The van der Waals surface area contributed by atoms with Crippen LogP contribution in [-0.4, -0.2) is 12.5 Å². The molecule has 26 heavy (non-hydrogen) atoms. The Balaban J connectivity index is 1.73. The van der Waals surface area contributed by atoms with E-state index in [2.05, 4.69) is 11.4 Å². The molecule has 1 heterocycles. The number of nitrogens with zero attached hydrogens (tertiary/aromatic N) is 1. The van der Waals surface area contributed by atoms with E-state index in [4.69, 9.17) is 16.9 Å². The van der Waals surface area contributed by atoms with Crippen LogP contribution in [0.3, 0.4) is 0 Å². The SMILES string of the molecule is N#Cc1ccsc1NC(=O)C[NH2+][C@@H](c1ccccc1)c1ccc(Cl)cc1. The summed E-state index contributed by atoms with van der Waals surface area (Å²) in [5, 5.41) is 16.9. The number of hydrogen-bond donors (Lipinski definition) is 2. The average Bonchev–Trinajstić information content (AvgIpc) is 3.11. The first-order valence-corrected chi connectivity index (χ1v) is 9.34. The first-order valence-electron chi connectivity index (χ1n) is 8.08. The van der Waals surface area contributed by atoms with Crippen LogP contribution in [0.1, 0.15) is 22.7 Å². The predicted molar refractivity (Wildman–Crippen MR) is 104 cm³/mol. The van der Waals surface area contributed by atoms with Crippen LogP contribution in [0.25, 0.3) is 0 Å². The van der Waals surface area contributed by atoms with E-state index >= 15 is 0 Å². The summed E-state index contributed by atoms with van der Waals surface area (Å²) in [5.74, 6) is -0.140. The van der Waals surface area contributed by atoms with Crippen LogP contribution < -0.4 is 10.6 Å². The summed E-state index contributed by atoms with van der Waals surface area (Å²) < 4.78 is 0. The monoisotopic (exact) mass is 382 g/mol. The molecule has 1 aromatic heterocycles. The van der Waals surface area contributed by atoms with Crippen LogP contribution in [0, 0.1) is 11.3 Å². The Morgan fingerprint density at radius 2 is 1.81 bits per heavy atom. The molecule has 3 rings (SSSR count). The van der Waals surface area contributed by atoms with Gasteiger partial charge in [0, 0.05) is 16.1 Å². The lowest BCUT2D eigenvalue weighted by molar-refractivity contribution is -0.676. The molecule has 4 nitrogen and oxygen atoms in total. The molecule has 0 saturated carbocycles. The van der Waals surface area contributed by atoms with Crippen molar-refractivity contribution in [3.63, 3.8) is 0 Å². The van der Waals surface area contributed by atoms with Gasteiger partial charge < -0.3 is 10.6 Å². The van der Waals surface area contributed by atoms with E-state index < -0.39 is 0 Å². The molecule has 1 amide bonds. The Bertz CT molecular complexity index is 916. The Kier molecular flexibility index (Phi) is 6.03. The van der Waals surface area contributed by atoms with Crippen LogP contribution in [-0.2, 0) is 4.79 Å². The zero-order valence-electron chi connectivity index (χ0n) is 13.9. The molecule has 1 atom stereocenters. The van der Waals surface area contributed by atoms with Crippen molar-refractivity contribution >= 4 is 33.8 Å². The van der Waals surface area contributed by atoms with Crippen LogP contribution in [0.15, 0.2) is 66.0 Å². The van der Waals surface area contributed by atoms with Gasteiger partial charge in [0.05, 0.1) is 5.56 Å². The lowest BCUT2D eigenvalue weighted by Gasteiger charge is -2.16. The minimum atomic E-state index is -0.140. The maximum atomic E-state index is 12.3. The highest BCUT2D eigenvalue weighted by Gasteiger charge is 2.19. The number of carbonyl (C=O) groups excluding carboxylic acids is 1. The van der Waals surface area contributed by atoms with Crippen molar-refractivity contribution < 1.29 is 10.1 Å². The Labute approximate surface area is 161 Å². The zero-order valence-corrected chi connectivity index (χ0v) is 15.4. The summed E-state index contributed by atoms with van der Waals surface area (Å²) in [6.07, 6.45) is 0. The van der Waals surface area contributed by atoms with Gasteiger partial charge in [-0.3, -0.25) is 4.79 Å². The van der Waals surface area contributed by atoms with E-state index in [1.165, 1.54) is 11.3 Å². The van der Waals surface area contributed by atoms with Crippen molar-refractivity contribution in [2.45, 2.75) is 6.04 Å². The number of hydrogen-bond acceptors (Lipinski definition) is 3. The second-order valence-corrected chi connectivity index (χ2v) is 7.06. The van der Waals surface area contributed by atoms with Gasteiger partial charge in [-0.25, -0.2) is 0 Å². The third-order valence-electron chi connectivity index (χ3n) is 3.97. The molecule has 3 N–H and O–H groups in total. The Morgan fingerprint density at radius 3 is 2.50 bits per heavy atom. The van der Waals surface area contributed by atoms with Gasteiger partial charge in [0.2, 0.25) is 0 Å². The number of halogens is 1. The van der Waals surface area contributed by atoms with Crippen LogP contribution in [0.2, 0.25) is 5.02 Å². The molecule has 0 unspecified atom stereocenters. The molecule has 0 bridgehead atoms. The smallest absolute Gasteiger partial charge is 0.280 e. The van der Waals surface area contributed by atoms with Gasteiger partial charge in [-0.15, -0.1) is 11.3 Å². The summed E-state index contributed by atoms with van der Waals surface area (Å²) in [4.78, 5) is 12.3. The van der Waals surface area contributed by atoms with E-state index in [1.54, 1.807) is 11.4 Å².